The van der Waals surface area contributed by atoms with Crippen molar-refractivity contribution in [3.8, 4) is 0 Å². The van der Waals surface area contributed by atoms with E-state index in [1.165, 1.54) is 17.0 Å². The zero-order valence-electron chi connectivity index (χ0n) is 18.0. The third kappa shape index (κ3) is 3.90. The molecule has 5 rings (SSSR count). The second-order valence-electron chi connectivity index (χ2n) is 8.27. The molecule has 3 aromatic rings. The standard InChI is InChI=1S/C26H24FN3O3/c27-22-13-11-19(12-14-22)23-17-29(15-16-33-23)18-30-24(31)26(28-25(30)32,20-7-3-1-4-8-20)21-9-5-2-6-10-21/h1-14,23H,15-18H2,(H,28,32)/t23-/m1/s1. The van der Waals surface area contributed by atoms with E-state index in [0.29, 0.717) is 30.8 Å². The van der Waals surface area contributed by atoms with Crippen LogP contribution in [0.5, 0.6) is 0 Å². The Bertz CT molecular complexity index is 1100. The summed E-state index contributed by atoms with van der Waals surface area (Å²) in [7, 11) is 0. The van der Waals surface area contributed by atoms with E-state index in [1.807, 2.05) is 65.6 Å². The lowest BCUT2D eigenvalue weighted by atomic mass is 9.83. The van der Waals surface area contributed by atoms with Crippen LogP contribution in [0.4, 0.5) is 9.18 Å². The van der Waals surface area contributed by atoms with Gasteiger partial charge in [0.15, 0.2) is 5.54 Å². The highest BCUT2D eigenvalue weighted by atomic mass is 19.1. The fourth-order valence-electron chi connectivity index (χ4n) is 4.55. The SMILES string of the molecule is O=C1NC(c2ccccc2)(c2ccccc2)C(=O)N1CN1CCO[C@@H](c2ccc(F)cc2)C1. The van der Waals surface area contributed by atoms with Crippen LogP contribution < -0.4 is 5.32 Å². The molecule has 2 saturated heterocycles. The number of urea groups is 1. The largest absolute Gasteiger partial charge is 0.371 e. The first-order valence-corrected chi connectivity index (χ1v) is 10.9. The van der Waals surface area contributed by atoms with Crippen molar-refractivity contribution in [3.63, 3.8) is 0 Å². The molecule has 168 valence electrons. The van der Waals surface area contributed by atoms with Gasteiger partial charge in [-0.05, 0) is 28.8 Å². The Morgan fingerprint density at radius 1 is 0.909 bits per heavy atom. The second kappa shape index (κ2) is 8.77. The molecule has 2 aliphatic rings. The molecule has 7 heteroatoms. The molecule has 0 aliphatic carbocycles. The zero-order valence-corrected chi connectivity index (χ0v) is 18.0. The van der Waals surface area contributed by atoms with E-state index in [-0.39, 0.29) is 24.5 Å². The van der Waals surface area contributed by atoms with Crippen LogP contribution in [0.15, 0.2) is 84.9 Å². The van der Waals surface area contributed by atoms with Crippen LogP contribution in [-0.2, 0) is 15.1 Å². The molecule has 0 radical (unpaired) electrons. The van der Waals surface area contributed by atoms with Crippen LogP contribution in [0.3, 0.4) is 0 Å². The Morgan fingerprint density at radius 2 is 1.52 bits per heavy atom. The minimum atomic E-state index is -1.28. The second-order valence-corrected chi connectivity index (χ2v) is 8.27. The van der Waals surface area contributed by atoms with Gasteiger partial charge in [0.2, 0.25) is 0 Å². The number of hydrogen-bond acceptors (Lipinski definition) is 4. The number of ether oxygens (including phenoxy) is 1. The van der Waals surface area contributed by atoms with Crippen molar-refractivity contribution >= 4 is 11.9 Å². The first-order valence-electron chi connectivity index (χ1n) is 10.9. The van der Waals surface area contributed by atoms with Gasteiger partial charge >= 0.3 is 6.03 Å². The predicted molar refractivity (Wildman–Crippen MR) is 121 cm³/mol. The van der Waals surface area contributed by atoms with E-state index in [1.54, 1.807) is 12.1 Å². The average Bonchev–Trinajstić information content (AvgIpc) is 3.11. The van der Waals surface area contributed by atoms with Crippen molar-refractivity contribution in [2.24, 2.45) is 0 Å². The average molecular weight is 445 g/mol. The van der Waals surface area contributed by atoms with E-state index in [0.717, 1.165) is 5.56 Å². The zero-order chi connectivity index (χ0) is 22.8. The number of imide groups is 1. The maximum atomic E-state index is 13.8. The Labute approximate surface area is 191 Å². The molecule has 2 heterocycles. The third-order valence-corrected chi connectivity index (χ3v) is 6.25. The summed E-state index contributed by atoms with van der Waals surface area (Å²) in [6.07, 6.45) is -0.256. The minimum absolute atomic E-state index is 0.146. The number of halogens is 1. The van der Waals surface area contributed by atoms with Gasteiger partial charge in [-0.1, -0.05) is 72.8 Å². The molecule has 6 nitrogen and oxygen atoms in total. The van der Waals surface area contributed by atoms with Crippen molar-refractivity contribution < 1.29 is 18.7 Å². The van der Waals surface area contributed by atoms with Crippen LogP contribution in [0.2, 0.25) is 0 Å². The van der Waals surface area contributed by atoms with Gasteiger partial charge in [0.25, 0.3) is 5.91 Å². The lowest BCUT2D eigenvalue weighted by molar-refractivity contribution is -0.133. The highest BCUT2D eigenvalue weighted by Gasteiger charge is 2.54. The quantitative estimate of drug-likeness (QED) is 0.609. The normalized spacial score (nSPS) is 20.6. The smallest absolute Gasteiger partial charge is 0.326 e. The number of morpholine rings is 1. The highest BCUT2D eigenvalue weighted by molar-refractivity contribution is 6.09. The molecule has 0 unspecified atom stereocenters. The Balaban J connectivity index is 1.41. The van der Waals surface area contributed by atoms with E-state index < -0.39 is 11.6 Å². The van der Waals surface area contributed by atoms with Crippen LogP contribution >= 0.6 is 0 Å². The number of nitrogens with zero attached hydrogens (tertiary/aromatic N) is 2. The number of carbonyl (C=O) groups is 2. The van der Waals surface area contributed by atoms with E-state index in [4.69, 9.17) is 4.74 Å². The number of carbonyl (C=O) groups excluding carboxylic acids is 2. The predicted octanol–water partition coefficient (Wildman–Crippen LogP) is 3.65. The Hall–Kier alpha value is -3.55. The van der Waals surface area contributed by atoms with Gasteiger partial charge in [0, 0.05) is 13.1 Å². The summed E-state index contributed by atoms with van der Waals surface area (Å²) in [6, 6.07) is 24.4. The third-order valence-electron chi connectivity index (χ3n) is 6.25. The van der Waals surface area contributed by atoms with Crippen LogP contribution in [0, 0.1) is 5.82 Å². The van der Waals surface area contributed by atoms with Crippen molar-refractivity contribution in [1.82, 2.24) is 15.1 Å². The highest BCUT2D eigenvalue weighted by Crippen LogP contribution is 2.36. The Kier molecular flexibility index (Phi) is 5.66. The van der Waals surface area contributed by atoms with Gasteiger partial charge < -0.3 is 10.1 Å². The number of amides is 3. The van der Waals surface area contributed by atoms with Crippen LogP contribution in [0.1, 0.15) is 22.8 Å². The number of benzene rings is 3. The lowest BCUT2D eigenvalue weighted by Gasteiger charge is -2.35. The summed E-state index contributed by atoms with van der Waals surface area (Å²) < 4.78 is 19.2. The summed E-state index contributed by atoms with van der Waals surface area (Å²) in [5, 5.41) is 2.98. The monoisotopic (exact) mass is 445 g/mol. The molecule has 0 spiro atoms. The molecule has 33 heavy (non-hydrogen) atoms. The minimum Gasteiger partial charge on any atom is -0.371 e. The summed E-state index contributed by atoms with van der Waals surface area (Å²) in [5.74, 6) is -0.612. The van der Waals surface area contributed by atoms with E-state index in [9.17, 15) is 14.0 Å². The fraction of sp³-hybridized carbons (Fsp3) is 0.231. The molecule has 2 fully saturated rings. The molecule has 0 aromatic heterocycles. The van der Waals surface area contributed by atoms with Gasteiger partial charge in [0.1, 0.15) is 5.82 Å². The maximum Gasteiger partial charge on any atom is 0.326 e. The molecule has 0 bridgehead atoms. The molecule has 2 aliphatic heterocycles. The van der Waals surface area contributed by atoms with Gasteiger partial charge in [-0.2, -0.15) is 0 Å². The Morgan fingerprint density at radius 3 is 2.12 bits per heavy atom. The molecule has 1 N–H and O–H groups in total. The van der Waals surface area contributed by atoms with Crippen molar-refractivity contribution in [3.05, 3.63) is 107 Å². The van der Waals surface area contributed by atoms with Crippen molar-refractivity contribution in [2.75, 3.05) is 26.4 Å². The van der Waals surface area contributed by atoms with Gasteiger partial charge in [-0.25, -0.2) is 14.1 Å². The van der Waals surface area contributed by atoms with Crippen LogP contribution in [0.25, 0.3) is 0 Å². The summed E-state index contributed by atoms with van der Waals surface area (Å²) in [5.41, 5.74) is 1.01. The van der Waals surface area contributed by atoms with E-state index in [2.05, 4.69) is 5.32 Å². The van der Waals surface area contributed by atoms with Crippen molar-refractivity contribution in [2.45, 2.75) is 11.6 Å². The lowest BCUT2D eigenvalue weighted by Crippen LogP contribution is -2.48. The van der Waals surface area contributed by atoms with Gasteiger partial charge in [-0.3, -0.25) is 9.69 Å². The summed E-state index contributed by atoms with van der Waals surface area (Å²) in [4.78, 5) is 30.2. The number of rotatable bonds is 5. The van der Waals surface area contributed by atoms with Crippen molar-refractivity contribution in [1.29, 1.82) is 0 Å². The van der Waals surface area contributed by atoms with Gasteiger partial charge in [0.05, 0.1) is 19.4 Å². The van der Waals surface area contributed by atoms with Crippen LogP contribution in [-0.4, -0.2) is 48.1 Å². The molecular formula is C26H24FN3O3. The molecule has 0 saturated carbocycles. The maximum absolute atomic E-state index is 13.8. The molecule has 1 atom stereocenters. The molecule has 3 amide bonds. The van der Waals surface area contributed by atoms with E-state index >= 15 is 0 Å². The molecular weight excluding hydrogens is 421 g/mol. The van der Waals surface area contributed by atoms with Gasteiger partial charge in [-0.15, -0.1) is 0 Å². The first kappa shape index (κ1) is 21.3. The fourth-order valence-corrected chi connectivity index (χ4v) is 4.55. The topological polar surface area (TPSA) is 61.9 Å². The summed E-state index contributed by atoms with van der Waals surface area (Å²) in [6.45, 7) is 1.67. The number of hydrogen-bond donors (Lipinski definition) is 1. The molecule has 3 aromatic carbocycles. The number of nitrogens with one attached hydrogen (secondary N) is 1. The summed E-state index contributed by atoms with van der Waals surface area (Å²) >= 11 is 0. The first-order chi connectivity index (χ1) is 16.1.